The van der Waals surface area contributed by atoms with E-state index in [4.69, 9.17) is 40.8 Å². The van der Waals surface area contributed by atoms with Crippen LogP contribution in [0, 0.1) is 17.8 Å². The van der Waals surface area contributed by atoms with Gasteiger partial charge in [0, 0.05) is 36.5 Å². The smallest absolute Gasteiger partial charge is 0.264 e. The average molecular weight is 1470 g/mol. The summed E-state index contributed by atoms with van der Waals surface area (Å²) in [6, 6.07) is 16.8. The Bertz CT molecular complexity index is 4620. The van der Waals surface area contributed by atoms with Gasteiger partial charge in [-0.2, -0.15) is 0 Å². The van der Waals surface area contributed by atoms with Crippen LogP contribution in [-0.2, 0) is 43.9 Å². The van der Waals surface area contributed by atoms with Crippen LogP contribution in [0.2, 0.25) is 0 Å². The summed E-state index contributed by atoms with van der Waals surface area (Å²) in [5.41, 5.74) is 0.373. The summed E-state index contributed by atoms with van der Waals surface area (Å²) in [6.07, 6.45) is 7.31. The van der Waals surface area contributed by atoms with E-state index in [-0.39, 0.29) is 158 Å². The number of amides is 9. The molecular weight excluding hydrogens is 1390 g/mol. The molecule has 540 valence electrons. The van der Waals surface area contributed by atoms with Crippen LogP contribution in [0.5, 0.6) is 34.9 Å². The highest BCUT2D eigenvalue weighted by Crippen LogP contribution is 2.43. The summed E-state index contributed by atoms with van der Waals surface area (Å²) in [6.45, 7) is 5.14. The Morgan fingerprint density at radius 1 is 0.422 bits per heavy atom. The van der Waals surface area contributed by atoms with Crippen molar-refractivity contribution in [2.45, 2.75) is 77.4 Å². The molecule has 6 aromatic rings. The number of sulfone groups is 3. The van der Waals surface area contributed by atoms with E-state index in [0.29, 0.717) is 0 Å². The largest absolute Gasteiger partial charge is 0.491 e. The Morgan fingerprint density at radius 2 is 0.676 bits per heavy atom. The maximum Gasteiger partial charge on any atom is 0.264 e. The van der Waals surface area contributed by atoms with Gasteiger partial charge in [-0.25, -0.2) is 40.2 Å². The van der Waals surface area contributed by atoms with Crippen LogP contribution < -0.4 is 44.4 Å². The van der Waals surface area contributed by atoms with E-state index in [2.05, 4.69) is 30.9 Å². The maximum absolute atomic E-state index is 13.6. The first-order chi connectivity index (χ1) is 51.9. The van der Waals surface area contributed by atoms with E-state index in [1.54, 1.807) is 20.8 Å². The van der Waals surface area contributed by atoms with Gasteiger partial charge in [0.2, 0.25) is 17.7 Å². The van der Waals surface area contributed by atoms with Crippen molar-refractivity contribution in [2.75, 3.05) is 92.9 Å². The predicted octanol–water partition coefficient (Wildman–Crippen LogP) is 6.66. The van der Waals surface area contributed by atoms with Gasteiger partial charge in [-0.1, -0.05) is 18.2 Å². The molecule has 3 atom stereocenters. The van der Waals surface area contributed by atoms with Crippen molar-refractivity contribution in [1.82, 2.24) is 29.7 Å². The number of carbonyl (C=O) groups excluding carboxylic acids is 9. The number of hydrogen-bond donors (Lipinski definition) is 3. The summed E-state index contributed by atoms with van der Waals surface area (Å²) in [4.78, 5) is 133. The standard InChI is InChI=1S/3C23H25N3O7S/c3*1-4-33-21-18(32-2)11-10-15(25-21)17(12-34(3,30)31)26-22(28)14-6-5-7-16(19(14)23(26)29)24-20(27)13-8-9-13/h3*5-7,10-11,13,17H,4,8-9,12H2,1-3H3,(H,24,27)/t2*17-;/m10./s1/i3*2D3. The average Bonchev–Trinajstić information content (AvgIpc) is 1.60. The first kappa shape index (κ1) is 62.6. The minimum absolute atomic E-state index is 0.0180. The Morgan fingerprint density at radius 3 is 0.892 bits per heavy atom. The van der Waals surface area contributed by atoms with Gasteiger partial charge < -0.3 is 44.4 Å². The summed E-state index contributed by atoms with van der Waals surface area (Å²) < 4.78 is 171. The van der Waals surface area contributed by atoms with E-state index in [0.717, 1.165) is 72.0 Å². The molecule has 1 unspecified atom stereocenters. The van der Waals surface area contributed by atoms with Gasteiger partial charge in [0.1, 0.15) is 29.5 Å². The number of pyridine rings is 3. The molecule has 0 saturated heterocycles. The first-order valence-corrected chi connectivity index (χ1v) is 38.0. The van der Waals surface area contributed by atoms with Crippen LogP contribution in [0.25, 0.3) is 0 Å². The van der Waals surface area contributed by atoms with Crippen LogP contribution in [0.4, 0.5) is 17.1 Å². The molecule has 6 heterocycles. The molecule has 0 spiro atoms. The highest BCUT2D eigenvalue weighted by molar-refractivity contribution is 7.91. The fraction of sp³-hybridized carbons (Fsp3) is 0.391. The number of imide groups is 3. The van der Waals surface area contributed by atoms with Crippen LogP contribution in [0.1, 0.15) is 169 Å². The van der Waals surface area contributed by atoms with Gasteiger partial charge in [-0.15, -0.1) is 0 Å². The minimum atomic E-state index is -3.76. The Hall–Kier alpha value is -10.4. The number of nitrogens with one attached hydrogen (secondary N) is 3. The topological polar surface area (TPSA) is 396 Å². The molecule has 30 nitrogen and oxygen atoms in total. The second kappa shape index (κ2) is 30.4. The van der Waals surface area contributed by atoms with E-state index in [9.17, 15) is 68.4 Å². The van der Waals surface area contributed by atoms with Gasteiger partial charge in [0.15, 0.2) is 17.2 Å². The van der Waals surface area contributed by atoms with E-state index in [1.165, 1.54) is 91.0 Å². The van der Waals surface area contributed by atoms with Gasteiger partial charge >= 0.3 is 0 Å². The molecule has 3 N–H and O–H groups in total. The lowest BCUT2D eigenvalue weighted by Crippen LogP contribution is -2.38. The minimum Gasteiger partial charge on any atom is -0.491 e. The summed E-state index contributed by atoms with van der Waals surface area (Å²) in [7, 11) is -19.7. The Kier molecular flexibility index (Phi) is 18.7. The van der Waals surface area contributed by atoms with Crippen molar-refractivity contribution in [3.05, 3.63) is 141 Å². The number of fused-ring (bicyclic) bond motifs is 3. The van der Waals surface area contributed by atoms with Crippen molar-refractivity contribution in [1.29, 1.82) is 0 Å². The fourth-order valence-electron chi connectivity index (χ4n) is 11.4. The summed E-state index contributed by atoms with van der Waals surface area (Å²) >= 11 is 0. The van der Waals surface area contributed by atoms with Gasteiger partial charge in [-0.3, -0.25) is 57.9 Å². The normalized spacial score (nSPS) is 17.9. The van der Waals surface area contributed by atoms with Crippen molar-refractivity contribution in [3.8, 4) is 34.9 Å². The number of nitrogens with zero attached hydrogens (tertiary/aromatic N) is 6. The summed E-state index contributed by atoms with van der Waals surface area (Å²) in [5, 5.41) is 8.09. The SMILES string of the molecule is [2H]C([2H])([2H])Oc1ccc(C(CS(C)(=O)=O)N2C(=O)c3cccc(NC(=O)C4CC4)c3C2=O)nc1OCC.[2H]C([2H])([2H])Oc1ccc([C@@H](CS(C)(=O)=O)N2C(=O)c3cccc(NC(=O)C4CC4)c3C2=O)nc1OCC.[2H]C([2H])([2H])Oc1ccc([C@H](CS(C)(=O)=O)N2C(=O)c3cccc(NC(=O)C4CC4)c3C2=O)nc1OCC. The molecule has 3 fully saturated rings. The number of methoxy groups -OCH3 is 3. The molecule has 3 aromatic heterocycles. The highest BCUT2D eigenvalue weighted by atomic mass is 32.2. The number of aromatic nitrogens is 3. The molecule has 9 amide bonds. The lowest BCUT2D eigenvalue weighted by atomic mass is 10.1. The molecular formula is C69H75N9O21S3. The molecule has 3 saturated carbocycles. The Balaban J connectivity index is 0.000000177. The number of hydrogen-bond acceptors (Lipinski definition) is 24. The van der Waals surface area contributed by atoms with Gasteiger partial charge in [0.05, 0.1) is 156 Å². The number of carbonyl (C=O) groups is 9. The zero-order valence-corrected chi connectivity index (χ0v) is 58.0. The van der Waals surface area contributed by atoms with Gasteiger partial charge in [0.25, 0.3) is 53.1 Å². The Labute approximate surface area is 600 Å². The van der Waals surface area contributed by atoms with E-state index in [1.807, 2.05) is 0 Å². The third kappa shape index (κ3) is 16.6. The molecule has 3 aliphatic heterocycles. The summed E-state index contributed by atoms with van der Waals surface area (Å²) in [5.74, 6) is -9.12. The number of benzene rings is 3. The highest BCUT2D eigenvalue weighted by Gasteiger charge is 2.48. The molecule has 3 aromatic carbocycles. The van der Waals surface area contributed by atoms with Crippen molar-refractivity contribution in [2.24, 2.45) is 17.8 Å². The zero-order chi connectivity index (χ0) is 81.4. The van der Waals surface area contributed by atoms with Crippen LogP contribution in [0.15, 0.2) is 91.0 Å². The molecule has 12 rings (SSSR count). The van der Waals surface area contributed by atoms with Crippen LogP contribution >= 0.6 is 0 Å². The number of ether oxygens (including phenoxy) is 6. The lowest BCUT2D eigenvalue weighted by Gasteiger charge is -2.26. The van der Waals surface area contributed by atoms with E-state index >= 15 is 0 Å². The van der Waals surface area contributed by atoms with Crippen molar-refractivity contribution >= 4 is 99.7 Å². The van der Waals surface area contributed by atoms with Crippen LogP contribution in [0.3, 0.4) is 0 Å². The first-order valence-electron chi connectivity index (χ1n) is 36.3. The third-order valence-electron chi connectivity index (χ3n) is 16.5. The molecule has 33 heteroatoms. The second-order valence-corrected chi connectivity index (χ2v) is 31.0. The van der Waals surface area contributed by atoms with Crippen molar-refractivity contribution in [3.63, 3.8) is 0 Å². The quantitative estimate of drug-likeness (QED) is 0.0454. The fourth-order valence-corrected chi connectivity index (χ4v) is 14.1. The molecule has 0 bridgehead atoms. The number of rotatable bonds is 27. The monoisotopic (exact) mass is 1470 g/mol. The van der Waals surface area contributed by atoms with Crippen molar-refractivity contribution < 1.29 is 109 Å². The van der Waals surface area contributed by atoms with Gasteiger partial charge in [-0.05, 0) is 132 Å². The molecule has 102 heavy (non-hydrogen) atoms. The lowest BCUT2D eigenvalue weighted by molar-refractivity contribution is -0.118. The van der Waals surface area contributed by atoms with E-state index < -0.39 is 121 Å². The molecule has 3 aliphatic carbocycles. The maximum atomic E-state index is 13.6. The second-order valence-electron chi connectivity index (χ2n) is 24.5. The zero-order valence-electron chi connectivity index (χ0n) is 64.6. The number of anilines is 3. The van der Waals surface area contributed by atoms with Crippen LogP contribution in [-0.4, -0.2) is 185 Å². The molecule has 6 aliphatic rings. The predicted molar refractivity (Wildman–Crippen MR) is 368 cm³/mol. The third-order valence-corrected chi connectivity index (χ3v) is 19.3. The molecule has 0 radical (unpaired) electrons.